The SMILES string of the molecule is COc1ccc(Cl)cc1C(N)c1cc(Br)c(Cl)s1. The van der Waals surface area contributed by atoms with Crippen molar-refractivity contribution in [2.45, 2.75) is 6.04 Å². The highest BCUT2D eigenvalue weighted by Crippen LogP contribution is 2.39. The third-order valence-corrected chi connectivity index (χ3v) is 5.29. The number of rotatable bonds is 3. The van der Waals surface area contributed by atoms with Crippen LogP contribution in [0.3, 0.4) is 0 Å². The van der Waals surface area contributed by atoms with Crippen LogP contribution in [0.25, 0.3) is 0 Å². The fraction of sp³-hybridized carbons (Fsp3) is 0.167. The number of hydrogen-bond acceptors (Lipinski definition) is 3. The fourth-order valence-electron chi connectivity index (χ4n) is 1.62. The maximum Gasteiger partial charge on any atom is 0.124 e. The molecule has 0 saturated carbocycles. The number of nitrogens with two attached hydrogens (primary N) is 1. The van der Waals surface area contributed by atoms with E-state index in [0.717, 1.165) is 14.9 Å². The Bertz CT molecular complexity index is 554. The Hall–Kier alpha value is -0.260. The van der Waals surface area contributed by atoms with E-state index in [4.69, 9.17) is 33.7 Å². The minimum absolute atomic E-state index is 0.313. The summed E-state index contributed by atoms with van der Waals surface area (Å²) in [6, 6.07) is 6.99. The quantitative estimate of drug-likeness (QED) is 0.840. The van der Waals surface area contributed by atoms with Gasteiger partial charge in [-0.1, -0.05) is 23.2 Å². The number of halogens is 3. The predicted octanol–water partition coefficient (Wildman–Crippen LogP) is 4.87. The summed E-state index contributed by atoms with van der Waals surface area (Å²) in [5.41, 5.74) is 7.08. The van der Waals surface area contributed by atoms with Gasteiger partial charge in [-0.15, -0.1) is 11.3 Å². The molecule has 1 heterocycles. The van der Waals surface area contributed by atoms with Crippen molar-refractivity contribution in [3.05, 3.63) is 48.5 Å². The average Bonchev–Trinajstić information content (AvgIpc) is 2.68. The average molecular weight is 367 g/mol. The van der Waals surface area contributed by atoms with Gasteiger partial charge in [-0.3, -0.25) is 0 Å². The number of hydrogen-bond donors (Lipinski definition) is 1. The van der Waals surface area contributed by atoms with Crippen molar-refractivity contribution in [1.82, 2.24) is 0 Å². The normalized spacial score (nSPS) is 12.5. The molecular weight excluding hydrogens is 357 g/mol. The molecule has 96 valence electrons. The van der Waals surface area contributed by atoms with Crippen molar-refractivity contribution >= 4 is 50.5 Å². The van der Waals surface area contributed by atoms with Gasteiger partial charge in [0.2, 0.25) is 0 Å². The standard InChI is InChI=1S/C12H10BrCl2NOS/c1-17-9-3-2-6(14)4-7(9)11(16)10-5-8(13)12(15)18-10/h2-5,11H,16H2,1H3. The molecule has 0 fully saturated rings. The number of thiophene rings is 1. The topological polar surface area (TPSA) is 35.2 Å². The van der Waals surface area contributed by atoms with Crippen LogP contribution in [0.1, 0.15) is 16.5 Å². The Morgan fingerprint density at radius 1 is 1.33 bits per heavy atom. The van der Waals surface area contributed by atoms with Gasteiger partial charge < -0.3 is 10.5 Å². The fourth-order valence-corrected chi connectivity index (χ4v) is 3.56. The Morgan fingerprint density at radius 3 is 2.61 bits per heavy atom. The van der Waals surface area contributed by atoms with Gasteiger partial charge >= 0.3 is 0 Å². The molecule has 1 aromatic heterocycles. The van der Waals surface area contributed by atoms with Crippen molar-refractivity contribution < 1.29 is 4.74 Å². The summed E-state index contributed by atoms with van der Waals surface area (Å²) in [4.78, 5) is 0.951. The van der Waals surface area contributed by atoms with Crippen LogP contribution in [0.2, 0.25) is 9.36 Å². The van der Waals surface area contributed by atoms with Crippen LogP contribution in [0, 0.1) is 0 Å². The molecule has 18 heavy (non-hydrogen) atoms. The van der Waals surface area contributed by atoms with Crippen LogP contribution in [0.15, 0.2) is 28.7 Å². The zero-order valence-corrected chi connectivity index (χ0v) is 13.3. The van der Waals surface area contributed by atoms with Crippen molar-refractivity contribution in [2.75, 3.05) is 7.11 Å². The van der Waals surface area contributed by atoms with Crippen LogP contribution in [-0.2, 0) is 0 Å². The van der Waals surface area contributed by atoms with E-state index in [1.807, 2.05) is 18.2 Å². The van der Waals surface area contributed by atoms with E-state index in [1.165, 1.54) is 11.3 Å². The molecular formula is C12H10BrCl2NOS. The second-order valence-electron chi connectivity index (χ2n) is 3.63. The van der Waals surface area contributed by atoms with Gasteiger partial charge in [0.1, 0.15) is 10.1 Å². The minimum atomic E-state index is -0.313. The lowest BCUT2D eigenvalue weighted by atomic mass is 10.1. The molecule has 0 aliphatic rings. The number of benzene rings is 1. The van der Waals surface area contributed by atoms with Crippen LogP contribution in [-0.4, -0.2) is 7.11 Å². The van der Waals surface area contributed by atoms with E-state index in [2.05, 4.69) is 15.9 Å². The zero-order valence-electron chi connectivity index (χ0n) is 9.41. The third-order valence-electron chi connectivity index (χ3n) is 2.50. The van der Waals surface area contributed by atoms with E-state index in [1.54, 1.807) is 13.2 Å². The summed E-state index contributed by atoms with van der Waals surface area (Å²) in [7, 11) is 1.61. The maximum atomic E-state index is 6.24. The van der Waals surface area contributed by atoms with E-state index in [9.17, 15) is 0 Å². The Balaban J connectivity index is 2.44. The summed E-state index contributed by atoms with van der Waals surface area (Å²) < 4.78 is 6.83. The van der Waals surface area contributed by atoms with Gasteiger partial charge in [0.15, 0.2) is 0 Å². The van der Waals surface area contributed by atoms with Crippen molar-refractivity contribution in [3.8, 4) is 5.75 Å². The molecule has 1 unspecified atom stereocenters. The molecule has 2 nitrogen and oxygen atoms in total. The van der Waals surface area contributed by atoms with Gasteiger partial charge in [0.25, 0.3) is 0 Å². The highest BCUT2D eigenvalue weighted by molar-refractivity contribution is 9.10. The second kappa shape index (κ2) is 5.80. The molecule has 1 aromatic carbocycles. The lowest BCUT2D eigenvalue weighted by molar-refractivity contribution is 0.408. The summed E-state index contributed by atoms with van der Waals surface area (Å²) >= 11 is 16.8. The first-order chi connectivity index (χ1) is 8.52. The monoisotopic (exact) mass is 365 g/mol. The Kier molecular flexibility index (Phi) is 4.56. The molecule has 0 aliphatic heterocycles. The van der Waals surface area contributed by atoms with E-state index in [0.29, 0.717) is 15.1 Å². The molecule has 0 amide bonds. The first-order valence-electron chi connectivity index (χ1n) is 5.06. The largest absolute Gasteiger partial charge is 0.496 e. The van der Waals surface area contributed by atoms with Crippen molar-refractivity contribution in [1.29, 1.82) is 0 Å². The Morgan fingerprint density at radius 2 is 2.06 bits per heavy atom. The molecule has 0 saturated heterocycles. The van der Waals surface area contributed by atoms with Crippen LogP contribution >= 0.6 is 50.5 Å². The molecule has 1 atom stereocenters. The molecule has 0 bridgehead atoms. The van der Waals surface area contributed by atoms with Gasteiger partial charge in [-0.2, -0.15) is 0 Å². The lowest BCUT2D eigenvalue weighted by Crippen LogP contribution is -2.11. The number of methoxy groups -OCH3 is 1. The van der Waals surface area contributed by atoms with E-state index >= 15 is 0 Å². The molecule has 2 rings (SSSR count). The molecule has 6 heteroatoms. The Labute approximate surface area is 128 Å². The van der Waals surface area contributed by atoms with E-state index < -0.39 is 0 Å². The smallest absolute Gasteiger partial charge is 0.124 e. The second-order valence-corrected chi connectivity index (χ2v) is 6.61. The number of ether oxygens (including phenoxy) is 1. The molecule has 0 spiro atoms. The van der Waals surface area contributed by atoms with Crippen LogP contribution in [0.5, 0.6) is 5.75 Å². The summed E-state index contributed by atoms with van der Waals surface area (Å²) in [6.07, 6.45) is 0. The maximum absolute atomic E-state index is 6.24. The van der Waals surface area contributed by atoms with Gasteiger partial charge in [0.05, 0.1) is 13.2 Å². The van der Waals surface area contributed by atoms with Gasteiger partial charge in [0, 0.05) is 19.9 Å². The van der Waals surface area contributed by atoms with Gasteiger partial charge in [-0.05, 0) is 40.2 Å². The molecule has 0 aliphatic carbocycles. The summed E-state index contributed by atoms with van der Waals surface area (Å²) in [5, 5.41) is 0.628. The first-order valence-corrected chi connectivity index (χ1v) is 7.43. The minimum Gasteiger partial charge on any atom is -0.496 e. The van der Waals surface area contributed by atoms with Crippen LogP contribution < -0.4 is 10.5 Å². The first kappa shape index (κ1) is 14.2. The molecule has 0 radical (unpaired) electrons. The third kappa shape index (κ3) is 2.83. The van der Waals surface area contributed by atoms with Crippen LogP contribution in [0.4, 0.5) is 0 Å². The lowest BCUT2D eigenvalue weighted by Gasteiger charge is -2.14. The highest BCUT2D eigenvalue weighted by Gasteiger charge is 2.18. The highest BCUT2D eigenvalue weighted by atomic mass is 79.9. The predicted molar refractivity (Wildman–Crippen MR) is 81.1 cm³/mol. The van der Waals surface area contributed by atoms with Gasteiger partial charge in [-0.25, -0.2) is 0 Å². The summed E-state index contributed by atoms with van der Waals surface area (Å²) in [6.45, 7) is 0. The van der Waals surface area contributed by atoms with Crippen molar-refractivity contribution in [3.63, 3.8) is 0 Å². The molecule has 2 aromatic rings. The summed E-state index contributed by atoms with van der Waals surface area (Å²) in [5.74, 6) is 0.715. The zero-order chi connectivity index (χ0) is 13.3. The molecule has 2 N–H and O–H groups in total. The van der Waals surface area contributed by atoms with Crippen molar-refractivity contribution in [2.24, 2.45) is 5.73 Å². The van der Waals surface area contributed by atoms with E-state index in [-0.39, 0.29) is 6.04 Å².